The third kappa shape index (κ3) is 4.05. The zero-order chi connectivity index (χ0) is 20.2. The van der Waals surface area contributed by atoms with Gasteiger partial charge < -0.3 is 13.9 Å². The first-order valence-corrected chi connectivity index (χ1v) is 11.5. The maximum atomic E-state index is 11.4. The van der Waals surface area contributed by atoms with E-state index in [0.717, 1.165) is 0 Å². The molecule has 0 saturated heterocycles. The molecule has 1 heterocycles. The number of carbonyl (C=O) groups is 1. The van der Waals surface area contributed by atoms with Crippen LogP contribution < -0.4 is 10.4 Å². The van der Waals surface area contributed by atoms with Gasteiger partial charge in [0.2, 0.25) is 0 Å². The molecule has 1 aliphatic rings. The Kier molecular flexibility index (Phi) is 6.06. The van der Waals surface area contributed by atoms with Crippen molar-refractivity contribution in [2.45, 2.75) is 44.9 Å². The van der Waals surface area contributed by atoms with Crippen LogP contribution in [0.2, 0.25) is 5.04 Å². The van der Waals surface area contributed by atoms with Gasteiger partial charge in [0.1, 0.15) is 0 Å². The van der Waals surface area contributed by atoms with E-state index in [-0.39, 0.29) is 17.1 Å². The molecule has 0 bridgehead atoms. The molecule has 5 heteroatoms. The highest BCUT2D eigenvalue weighted by molar-refractivity contribution is 6.99. The van der Waals surface area contributed by atoms with E-state index in [4.69, 9.17) is 13.9 Å². The summed E-state index contributed by atoms with van der Waals surface area (Å²) in [6.45, 7) is 8.45. The smallest absolute Gasteiger partial charge is 0.303 e. The van der Waals surface area contributed by atoms with Gasteiger partial charge in [0, 0.05) is 6.92 Å². The number of ether oxygens (including phenoxy) is 2. The maximum absolute atomic E-state index is 11.4. The monoisotopic (exact) mass is 396 g/mol. The molecule has 0 fully saturated rings. The highest BCUT2D eigenvalue weighted by Gasteiger charge is 2.50. The molecule has 0 aromatic heterocycles. The van der Waals surface area contributed by atoms with Crippen LogP contribution in [0, 0.1) is 0 Å². The summed E-state index contributed by atoms with van der Waals surface area (Å²) in [5.74, 6) is -0.324. The zero-order valence-corrected chi connectivity index (χ0v) is 17.9. The van der Waals surface area contributed by atoms with Gasteiger partial charge in [-0.05, 0) is 21.5 Å². The van der Waals surface area contributed by atoms with Gasteiger partial charge in [-0.2, -0.15) is 0 Å². The Morgan fingerprint density at radius 3 is 2.00 bits per heavy atom. The largest absolute Gasteiger partial charge is 0.492 e. The van der Waals surface area contributed by atoms with E-state index in [9.17, 15) is 4.79 Å². The molecule has 3 rings (SSSR count). The molecule has 4 nitrogen and oxygen atoms in total. The third-order valence-electron chi connectivity index (χ3n) is 5.07. The lowest BCUT2D eigenvalue weighted by Gasteiger charge is -2.43. The summed E-state index contributed by atoms with van der Waals surface area (Å²) < 4.78 is 17.9. The average molecular weight is 397 g/mol. The van der Waals surface area contributed by atoms with Gasteiger partial charge in [0.15, 0.2) is 12.2 Å². The molecule has 0 N–H and O–H groups in total. The Bertz CT molecular complexity index is 772. The highest BCUT2D eigenvalue weighted by atomic mass is 28.4. The Labute approximate surface area is 168 Å². The Hall–Kier alpha value is -2.37. The summed E-state index contributed by atoms with van der Waals surface area (Å²) >= 11 is 0. The minimum atomic E-state index is -2.63. The molecule has 28 heavy (non-hydrogen) atoms. The lowest BCUT2D eigenvalue weighted by atomic mass is 10.2. The quantitative estimate of drug-likeness (QED) is 0.554. The Morgan fingerprint density at radius 2 is 1.54 bits per heavy atom. The first kappa shape index (κ1) is 20.4. The number of carbonyl (C=O) groups excluding carboxylic acids is 1. The molecule has 2 aromatic rings. The van der Waals surface area contributed by atoms with Crippen molar-refractivity contribution in [2.75, 3.05) is 6.61 Å². The fourth-order valence-corrected chi connectivity index (χ4v) is 8.40. The van der Waals surface area contributed by atoms with Gasteiger partial charge in [-0.3, -0.25) is 4.79 Å². The standard InChI is InChI=1S/C23H28O4Si/c1-18(24)27-21-15-16-25-22(21)17-26-28(23(2,3)4,19-11-7-5-8-12-19)20-13-9-6-10-14-20/h5-16,21-22H,17H2,1-4H3/t21-,22-/m1/s1. The molecule has 0 radical (unpaired) electrons. The summed E-state index contributed by atoms with van der Waals surface area (Å²) in [4.78, 5) is 11.4. The van der Waals surface area contributed by atoms with E-state index in [1.165, 1.54) is 17.3 Å². The average Bonchev–Trinajstić information content (AvgIpc) is 3.09. The van der Waals surface area contributed by atoms with Gasteiger partial charge in [-0.25, -0.2) is 0 Å². The van der Waals surface area contributed by atoms with Crippen molar-refractivity contribution >= 4 is 24.7 Å². The van der Waals surface area contributed by atoms with Crippen molar-refractivity contribution in [2.24, 2.45) is 0 Å². The molecular formula is C23H28O4Si. The van der Waals surface area contributed by atoms with E-state index in [0.29, 0.717) is 6.61 Å². The molecule has 0 saturated carbocycles. The van der Waals surface area contributed by atoms with E-state index in [1.54, 1.807) is 12.3 Å². The van der Waals surface area contributed by atoms with Crippen molar-refractivity contribution in [1.29, 1.82) is 0 Å². The summed E-state index contributed by atoms with van der Waals surface area (Å²) in [5.41, 5.74) is 0. The second-order valence-electron chi connectivity index (χ2n) is 8.05. The van der Waals surface area contributed by atoms with Gasteiger partial charge in [-0.15, -0.1) is 0 Å². The lowest BCUT2D eigenvalue weighted by molar-refractivity contribution is -0.148. The summed E-state index contributed by atoms with van der Waals surface area (Å²) in [6, 6.07) is 20.9. The molecule has 148 valence electrons. The number of esters is 1. The number of hydrogen-bond donors (Lipinski definition) is 0. The van der Waals surface area contributed by atoms with Gasteiger partial charge >= 0.3 is 5.97 Å². The second kappa shape index (κ2) is 8.33. The van der Waals surface area contributed by atoms with Crippen LogP contribution in [0.3, 0.4) is 0 Å². The molecule has 0 spiro atoms. The minimum Gasteiger partial charge on any atom is -0.492 e. The van der Waals surface area contributed by atoms with E-state index >= 15 is 0 Å². The molecule has 0 amide bonds. The van der Waals surface area contributed by atoms with Gasteiger partial charge in [0.25, 0.3) is 8.32 Å². The van der Waals surface area contributed by atoms with Crippen LogP contribution in [-0.4, -0.2) is 33.1 Å². The first-order chi connectivity index (χ1) is 13.3. The SMILES string of the molecule is CC(=O)O[C@@H]1C=CO[C@@H]1CO[Si](c1ccccc1)(c1ccccc1)C(C)(C)C. The fraction of sp³-hybridized carbons (Fsp3) is 0.348. The van der Waals surface area contributed by atoms with Crippen LogP contribution in [0.1, 0.15) is 27.7 Å². The van der Waals surface area contributed by atoms with Crippen molar-refractivity contribution in [3.8, 4) is 0 Å². The summed E-state index contributed by atoms with van der Waals surface area (Å²) in [6.07, 6.45) is 2.59. The molecule has 0 unspecified atom stereocenters. The maximum Gasteiger partial charge on any atom is 0.303 e. The van der Waals surface area contributed by atoms with Crippen LogP contribution >= 0.6 is 0 Å². The van der Waals surface area contributed by atoms with Crippen molar-refractivity contribution in [3.05, 3.63) is 73.0 Å². The zero-order valence-electron chi connectivity index (χ0n) is 16.9. The summed E-state index contributed by atoms with van der Waals surface area (Å²) in [5, 5.41) is 2.31. The molecular weight excluding hydrogens is 368 g/mol. The van der Waals surface area contributed by atoms with Crippen molar-refractivity contribution < 1.29 is 18.7 Å². The number of rotatable bonds is 6. The Morgan fingerprint density at radius 1 is 1.00 bits per heavy atom. The van der Waals surface area contributed by atoms with Gasteiger partial charge in [0.05, 0.1) is 12.9 Å². The molecule has 0 aliphatic carbocycles. The number of hydrogen-bond acceptors (Lipinski definition) is 4. The van der Waals surface area contributed by atoms with E-state index in [2.05, 4.69) is 69.3 Å². The van der Waals surface area contributed by atoms with Crippen LogP contribution in [0.4, 0.5) is 0 Å². The Balaban J connectivity index is 1.98. The minimum absolute atomic E-state index is 0.112. The van der Waals surface area contributed by atoms with Crippen LogP contribution in [0.25, 0.3) is 0 Å². The van der Waals surface area contributed by atoms with Crippen molar-refractivity contribution in [1.82, 2.24) is 0 Å². The van der Waals surface area contributed by atoms with Crippen LogP contribution in [0.15, 0.2) is 73.0 Å². The van der Waals surface area contributed by atoms with E-state index in [1.807, 2.05) is 12.1 Å². The molecule has 2 aromatic carbocycles. The summed E-state index contributed by atoms with van der Waals surface area (Å²) in [7, 11) is -2.63. The topological polar surface area (TPSA) is 44.8 Å². The predicted octanol–water partition coefficient (Wildman–Crippen LogP) is 3.41. The normalized spacial score (nSPS) is 19.3. The molecule has 1 aliphatic heterocycles. The first-order valence-electron chi connectivity index (χ1n) is 9.59. The predicted molar refractivity (Wildman–Crippen MR) is 113 cm³/mol. The fourth-order valence-electron chi connectivity index (χ4n) is 3.83. The lowest BCUT2D eigenvalue weighted by Crippen LogP contribution is -2.67. The van der Waals surface area contributed by atoms with Crippen LogP contribution in [0.5, 0.6) is 0 Å². The van der Waals surface area contributed by atoms with E-state index < -0.39 is 14.4 Å². The van der Waals surface area contributed by atoms with Gasteiger partial charge in [-0.1, -0.05) is 81.4 Å². The van der Waals surface area contributed by atoms with Crippen molar-refractivity contribution in [3.63, 3.8) is 0 Å². The highest BCUT2D eigenvalue weighted by Crippen LogP contribution is 2.37. The number of benzene rings is 2. The molecule has 2 atom stereocenters. The van der Waals surface area contributed by atoms with Crippen LogP contribution in [-0.2, 0) is 18.7 Å². The third-order valence-corrected chi connectivity index (χ3v) is 10.1. The second-order valence-corrected chi connectivity index (χ2v) is 12.4.